The molecule has 0 aliphatic carbocycles. The van der Waals surface area contributed by atoms with Gasteiger partial charge in [-0.1, -0.05) is 12.1 Å². The van der Waals surface area contributed by atoms with E-state index in [1.807, 2.05) is 25.1 Å². The number of carbonyl (C=O) groups excluding carboxylic acids is 1. The highest BCUT2D eigenvalue weighted by Crippen LogP contribution is 2.15. The van der Waals surface area contributed by atoms with Crippen molar-refractivity contribution in [2.45, 2.75) is 19.4 Å². The number of rotatable bonds is 4. The molecule has 0 spiro atoms. The molecule has 1 rings (SSSR count). The van der Waals surface area contributed by atoms with Crippen molar-refractivity contribution in [2.24, 2.45) is 0 Å². The molecule has 1 aromatic carbocycles. The van der Waals surface area contributed by atoms with Crippen molar-refractivity contribution in [1.29, 1.82) is 0 Å². The summed E-state index contributed by atoms with van der Waals surface area (Å²) in [6.07, 6.45) is 0.776. The average molecular weight is 291 g/mol. The second-order valence-corrected chi connectivity index (χ2v) is 4.56. The highest BCUT2D eigenvalue weighted by atomic mass is 79.9. The molecule has 1 unspecified atom stereocenters. The summed E-state index contributed by atoms with van der Waals surface area (Å²) < 4.78 is 0.806. The third-order valence-electron chi connectivity index (χ3n) is 2.04. The molecule has 82 valence electrons. The SMILES string of the molecule is CC(CCCl)NC(=O)c1ccccc1Br. The largest absolute Gasteiger partial charge is 0.350 e. The number of carbonyl (C=O) groups is 1. The average Bonchev–Trinajstić information content (AvgIpc) is 2.18. The van der Waals surface area contributed by atoms with Crippen LogP contribution in [0.15, 0.2) is 28.7 Å². The van der Waals surface area contributed by atoms with Crippen LogP contribution in [0.4, 0.5) is 0 Å². The van der Waals surface area contributed by atoms with Gasteiger partial charge in [0.15, 0.2) is 0 Å². The molecule has 0 fully saturated rings. The van der Waals surface area contributed by atoms with Crippen LogP contribution in [0.5, 0.6) is 0 Å². The van der Waals surface area contributed by atoms with Gasteiger partial charge in [-0.15, -0.1) is 11.6 Å². The molecule has 2 nitrogen and oxygen atoms in total. The van der Waals surface area contributed by atoms with E-state index in [4.69, 9.17) is 11.6 Å². The highest BCUT2D eigenvalue weighted by Gasteiger charge is 2.11. The smallest absolute Gasteiger partial charge is 0.252 e. The summed E-state index contributed by atoms with van der Waals surface area (Å²) in [7, 11) is 0. The van der Waals surface area contributed by atoms with E-state index in [0.29, 0.717) is 11.4 Å². The Hall–Kier alpha value is -0.540. The zero-order chi connectivity index (χ0) is 11.3. The first-order valence-corrected chi connectivity index (χ1v) is 6.09. The van der Waals surface area contributed by atoms with E-state index in [9.17, 15) is 4.79 Å². The summed E-state index contributed by atoms with van der Waals surface area (Å²) in [4.78, 5) is 11.8. The second-order valence-electron chi connectivity index (χ2n) is 3.33. The van der Waals surface area contributed by atoms with Gasteiger partial charge in [-0.05, 0) is 41.4 Å². The maximum atomic E-state index is 11.8. The van der Waals surface area contributed by atoms with Gasteiger partial charge in [-0.3, -0.25) is 4.79 Å². The van der Waals surface area contributed by atoms with Crippen molar-refractivity contribution < 1.29 is 4.79 Å². The van der Waals surface area contributed by atoms with E-state index in [1.54, 1.807) is 6.07 Å². The number of halogens is 2. The lowest BCUT2D eigenvalue weighted by molar-refractivity contribution is 0.0938. The molecule has 1 N–H and O–H groups in total. The maximum absolute atomic E-state index is 11.8. The zero-order valence-electron chi connectivity index (χ0n) is 8.47. The van der Waals surface area contributed by atoms with Crippen LogP contribution >= 0.6 is 27.5 Å². The Morgan fingerprint density at radius 2 is 2.20 bits per heavy atom. The quantitative estimate of drug-likeness (QED) is 0.848. The third kappa shape index (κ3) is 3.84. The minimum absolute atomic E-state index is 0.0694. The fourth-order valence-corrected chi connectivity index (χ4v) is 1.97. The van der Waals surface area contributed by atoms with Crippen molar-refractivity contribution >= 4 is 33.4 Å². The lowest BCUT2D eigenvalue weighted by Gasteiger charge is -2.12. The van der Waals surface area contributed by atoms with Crippen molar-refractivity contribution in [3.05, 3.63) is 34.3 Å². The highest BCUT2D eigenvalue weighted by molar-refractivity contribution is 9.10. The first-order valence-electron chi connectivity index (χ1n) is 4.76. The molecule has 0 heterocycles. The summed E-state index contributed by atoms with van der Waals surface area (Å²) in [5, 5.41) is 2.88. The monoisotopic (exact) mass is 289 g/mol. The van der Waals surface area contributed by atoms with Crippen LogP contribution in [0.25, 0.3) is 0 Å². The molecule has 4 heteroatoms. The minimum atomic E-state index is -0.0694. The lowest BCUT2D eigenvalue weighted by Crippen LogP contribution is -2.32. The number of benzene rings is 1. The van der Waals surface area contributed by atoms with Gasteiger partial charge in [0, 0.05) is 16.4 Å². The summed E-state index contributed by atoms with van der Waals surface area (Å²) in [6, 6.07) is 7.45. The Balaban J connectivity index is 2.65. The number of hydrogen-bond donors (Lipinski definition) is 1. The summed E-state index contributed by atoms with van der Waals surface area (Å²) in [5.41, 5.74) is 0.652. The summed E-state index contributed by atoms with van der Waals surface area (Å²) in [5.74, 6) is 0.484. The van der Waals surface area contributed by atoms with E-state index in [2.05, 4.69) is 21.2 Å². The third-order valence-corrected chi connectivity index (χ3v) is 2.95. The predicted molar refractivity (Wildman–Crippen MR) is 66.4 cm³/mol. The molecule has 0 radical (unpaired) electrons. The van der Waals surface area contributed by atoms with Gasteiger partial charge in [0.05, 0.1) is 5.56 Å². The van der Waals surface area contributed by atoms with Gasteiger partial charge >= 0.3 is 0 Å². The number of amides is 1. The molecule has 1 atom stereocenters. The molecule has 0 aliphatic rings. The minimum Gasteiger partial charge on any atom is -0.350 e. The molecule has 0 aromatic heterocycles. The fraction of sp³-hybridized carbons (Fsp3) is 0.364. The Kier molecular flexibility index (Phi) is 5.12. The van der Waals surface area contributed by atoms with E-state index < -0.39 is 0 Å². The first-order chi connectivity index (χ1) is 7.15. The van der Waals surface area contributed by atoms with Crippen molar-refractivity contribution in [2.75, 3.05) is 5.88 Å². The molecule has 0 bridgehead atoms. The van der Waals surface area contributed by atoms with Crippen LogP contribution in [0.3, 0.4) is 0 Å². The van der Waals surface area contributed by atoms with Crippen molar-refractivity contribution in [3.8, 4) is 0 Å². The van der Waals surface area contributed by atoms with Gasteiger partial charge < -0.3 is 5.32 Å². The Labute approximate surface area is 103 Å². The molecular formula is C11H13BrClNO. The van der Waals surface area contributed by atoms with E-state index in [1.165, 1.54) is 0 Å². The second kappa shape index (κ2) is 6.13. The van der Waals surface area contributed by atoms with Crippen LogP contribution in [0.1, 0.15) is 23.7 Å². The molecular weight excluding hydrogens is 277 g/mol. The maximum Gasteiger partial charge on any atom is 0.252 e. The van der Waals surface area contributed by atoms with Crippen LogP contribution in [0, 0.1) is 0 Å². The Bertz CT molecular complexity index is 343. The number of alkyl halides is 1. The lowest BCUT2D eigenvalue weighted by atomic mass is 10.2. The standard InChI is InChI=1S/C11H13BrClNO/c1-8(6-7-13)14-11(15)9-4-2-3-5-10(9)12/h2-5,8H,6-7H2,1H3,(H,14,15). The van der Waals surface area contributed by atoms with E-state index in [0.717, 1.165) is 10.9 Å². The van der Waals surface area contributed by atoms with Crippen LogP contribution < -0.4 is 5.32 Å². The summed E-state index contributed by atoms with van der Waals surface area (Å²) in [6.45, 7) is 1.94. The zero-order valence-corrected chi connectivity index (χ0v) is 10.8. The van der Waals surface area contributed by atoms with Crippen molar-refractivity contribution in [1.82, 2.24) is 5.32 Å². The number of hydrogen-bond acceptors (Lipinski definition) is 1. The Morgan fingerprint density at radius 1 is 1.53 bits per heavy atom. The molecule has 15 heavy (non-hydrogen) atoms. The van der Waals surface area contributed by atoms with Gasteiger partial charge in [0.1, 0.15) is 0 Å². The van der Waals surface area contributed by atoms with E-state index >= 15 is 0 Å². The molecule has 1 amide bonds. The molecule has 0 saturated heterocycles. The predicted octanol–water partition coefficient (Wildman–Crippen LogP) is 3.20. The van der Waals surface area contributed by atoms with Crippen LogP contribution in [-0.2, 0) is 0 Å². The van der Waals surface area contributed by atoms with Gasteiger partial charge in [0.2, 0.25) is 0 Å². The molecule has 1 aromatic rings. The van der Waals surface area contributed by atoms with Crippen LogP contribution in [0.2, 0.25) is 0 Å². The van der Waals surface area contributed by atoms with Gasteiger partial charge in [-0.2, -0.15) is 0 Å². The first kappa shape index (κ1) is 12.5. The van der Waals surface area contributed by atoms with Gasteiger partial charge in [0.25, 0.3) is 5.91 Å². The van der Waals surface area contributed by atoms with Crippen molar-refractivity contribution in [3.63, 3.8) is 0 Å². The molecule has 0 aliphatic heterocycles. The normalized spacial score (nSPS) is 12.2. The van der Waals surface area contributed by atoms with Crippen LogP contribution in [-0.4, -0.2) is 17.8 Å². The van der Waals surface area contributed by atoms with Gasteiger partial charge in [-0.25, -0.2) is 0 Å². The molecule has 0 saturated carbocycles. The Morgan fingerprint density at radius 3 is 2.80 bits per heavy atom. The summed E-state index contributed by atoms with van der Waals surface area (Å²) >= 11 is 8.94. The number of nitrogens with one attached hydrogen (secondary N) is 1. The fourth-order valence-electron chi connectivity index (χ4n) is 1.18. The topological polar surface area (TPSA) is 29.1 Å². The van der Waals surface area contributed by atoms with E-state index in [-0.39, 0.29) is 11.9 Å².